The molecule has 0 aromatic heterocycles. The molecule has 0 N–H and O–H groups in total. The van der Waals surface area contributed by atoms with Gasteiger partial charge >= 0.3 is 0 Å². The van der Waals surface area contributed by atoms with E-state index < -0.39 is 8.46 Å². The first kappa shape index (κ1) is 8.19. The molecule has 0 saturated carbocycles. The van der Waals surface area contributed by atoms with Gasteiger partial charge in [-0.05, 0) is 13.6 Å². The Morgan fingerprint density at radius 3 is 2.62 bits per heavy atom. The molecule has 2 nitrogen and oxygen atoms in total. The third-order valence-electron chi connectivity index (χ3n) is 1.17. The maximum Gasteiger partial charge on any atom is 0.0657 e. The molecule has 1 atom stereocenters. The van der Waals surface area contributed by atoms with Crippen molar-refractivity contribution in [3.05, 3.63) is 0 Å². The van der Waals surface area contributed by atoms with E-state index >= 15 is 0 Å². The fourth-order valence-electron chi connectivity index (χ4n) is 0.431. The maximum absolute atomic E-state index is 10.0. The molecule has 8 heavy (non-hydrogen) atoms. The summed E-state index contributed by atoms with van der Waals surface area (Å²) in [5.74, 6) is 0. The average molecular weight is 135 g/mol. The Morgan fingerprint density at radius 1 is 1.62 bits per heavy atom. The second-order valence-electron chi connectivity index (χ2n) is 1.85. The van der Waals surface area contributed by atoms with Gasteiger partial charge in [-0.3, -0.25) is 0 Å². The van der Waals surface area contributed by atoms with Crippen LogP contribution in [0.2, 0.25) is 0 Å². The maximum atomic E-state index is 10.0. The summed E-state index contributed by atoms with van der Waals surface area (Å²) in [6, 6.07) is 0. The Bertz CT molecular complexity index is 67.4. The predicted octanol–water partition coefficient (Wildman–Crippen LogP) is 0.694. The fraction of sp³-hybridized carbons (Fsp3) is 1.00. The predicted molar refractivity (Wildman–Crippen MR) is 38.4 cm³/mol. The van der Waals surface area contributed by atoms with Gasteiger partial charge in [-0.25, -0.2) is 0 Å². The van der Waals surface area contributed by atoms with Gasteiger partial charge < -0.3 is 9.46 Å². The Labute approximate surface area is 52.1 Å². The van der Waals surface area contributed by atoms with Crippen LogP contribution in [0.15, 0.2) is 0 Å². The Kier molecular flexibility index (Phi) is 5.46. The van der Waals surface area contributed by atoms with Gasteiger partial charge in [0.05, 0.1) is 8.46 Å². The normalized spacial score (nSPS) is 11.9. The molecule has 0 heterocycles. The minimum absolute atomic E-state index is 0.534. The molecule has 0 radical (unpaired) electrons. The summed E-state index contributed by atoms with van der Waals surface area (Å²) in [6.07, 6.45) is 0.865. The van der Waals surface area contributed by atoms with Crippen LogP contribution < -0.4 is 0 Å². The topological polar surface area (TPSA) is 20.3 Å². The largest absolute Gasteiger partial charge is 0.330 e. The van der Waals surface area contributed by atoms with Gasteiger partial charge in [-0.2, -0.15) is 0 Å². The van der Waals surface area contributed by atoms with Crippen molar-refractivity contribution in [3.8, 4) is 0 Å². The lowest BCUT2D eigenvalue weighted by molar-refractivity contribution is 0.375. The van der Waals surface area contributed by atoms with Crippen LogP contribution in [0.1, 0.15) is 6.92 Å². The minimum atomic E-state index is -0.534. The smallest absolute Gasteiger partial charge is 0.0657 e. The molecule has 3 heteroatoms. The highest BCUT2D eigenvalue weighted by Gasteiger charge is 1.89. The molecule has 0 fully saturated rings. The van der Waals surface area contributed by atoms with E-state index in [2.05, 4.69) is 11.8 Å². The van der Waals surface area contributed by atoms with Crippen molar-refractivity contribution in [2.45, 2.75) is 6.92 Å². The van der Waals surface area contributed by atoms with E-state index in [1.165, 1.54) is 0 Å². The van der Waals surface area contributed by atoms with Crippen LogP contribution in [0.5, 0.6) is 0 Å². The summed E-state index contributed by atoms with van der Waals surface area (Å²) in [5.41, 5.74) is 0. The van der Waals surface area contributed by atoms with Crippen LogP contribution >= 0.6 is 8.46 Å². The van der Waals surface area contributed by atoms with E-state index in [0.29, 0.717) is 0 Å². The molecule has 0 aromatic rings. The van der Waals surface area contributed by atoms with Crippen LogP contribution in [0.3, 0.4) is 0 Å². The summed E-state index contributed by atoms with van der Waals surface area (Å²) in [5, 5.41) is 0. The molecule has 0 rings (SSSR count). The van der Waals surface area contributed by atoms with E-state index in [1.54, 1.807) is 0 Å². The fourth-order valence-corrected chi connectivity index (χ4v) is 0.977. The highest BCUT2D eigenvalue weighted by molar-refractivity contribution is 7.23. The van der Waals surface area contributed by atoms with Gasteiger partial charge in [-0.15, -0.1) is 0 Å². The van der Waals surface area contributed by atoms with Crippen molar-refractivity contribution in [2.75, 3.05) is 26.3 Å². The van der Waals surface area contributed by atoms with Gasteiger partial charge in [-0.1, -0.05) is 6.92 Å². The third-order valence-corrected chi connectivity index (χ3v) is 1.66. The van der Waals surface area contributed by atoms with Crippen molar-refractivity contribution in [3.63, 3.8) is 0 Å². The molecular formula is C5H14NOP. The lowest BCUT2D eigenvalue weighted by Gasteiger charge is -2.09. The number of nitrogens with zero attached hydrogens (tertiary/aromatic N) is 1. The summed E-state index contributed by atoms with van der Waals surface area (Å²) in [4.78, 5) is 2.16. The average Bonchev–Trinajstić information content (AvgIpc) is 1.83. The summed E-state index contributed by atoms with van der Waals surface area (Å²) < 4.78 is 10.0. The molecule has 0 bridgehead atoms. The Balaban J connectivity index is 2.97. The molecule has 0 aliphatic carbocycles. The van der Waals surface area contributed by atoms with E-state index in [-0.39, 0.29) is 0 Å². The van der Waals surface area contributed by atoms with E-state index in [9.17, 15) is 4.57 Å². The van der Waals surface area contributed by atoms with Crippen LogP contribution in [-0.2, 0) is 4.57 Å². The van der Waals surface area contributed by atoms with Crippen LogP contribution in [-0.4, -0.2) is 31.2 Å². The van der Waals surface area contributed by atoms with Crippen LogP contribution in [0.25, 0.3) is 0 Å². The summed E-state index contributed by atoms with van der Waals surface area (Å²) in [6.45, 7) is 4.13. The van der Waals surface area contributed by atoms with Crippen molar-refractivity contribution < 1.29 is 4.57 Å². The Morgan fingerprint density at radius 2 is 2.25 bits per heavy atom. The van der Waals surface area contributed by atoms with E-state index in [4.69, 9.17) is 0 Å². The molecule has 1 unspecified atom stereocenters. The number of hydrogen-bond acceptors (Lipinski definition) is 2. The zero-order chi connectivity index (χ0) is 6.41. The van der Waals surface area contributed by atoms with Gasteiger partial charge in [0, 0.05) is 12.7 Å². The van der Waals surface area contributed by atoms with Crippen molar-refractivity contribution >= 4 is 8.46 Å². The van der Waals surface area contributed by atoms with Crippen LogP contribution in [0, 0.1) is 0 Å². The van der Waals surface area contributed by atoms with E-state index in [0.717, 1.165) is 19.3 Å². The first-order chi connectivity index (χ1) is 3.81. The zero-order valence-electron chi connectivity index (χ0n) is 5.55. The molecule has 0 saturated heterocycles. The van der Waals surface area contributed by atoms with Gasteiger partial charge in [0.15, 0.2) is 0 Å². The summed E-state index contributed by atoms with van der Waals surface area (Å²) >= 11 is 0. The zero-order valence-corrected chi connectivity index (χ0v) is 6.71. The van der Waals surface area contributed by atoms with Crippen LogP contribution in [0.4, 0.5) is 0 Å². The van der Waals surface area contributed by atoms with Crippen molar-refractivity contribution in [1.82, 2.24) is 4.90 Å². The first-order valence-electron chi connectivity index (χ1n) is 2.93. The SMILES string of the molecule is CCN(C)CC[PH2]=O. The minimum Gasteiger partial charge on any atom is -0.330 e. The van der Waals surface area contributed by atoms with E-state index in [1.807, 2.05) is 7.05 Å². The van der Waals surface area contributed by atoms with Gasteiger partial charge in [0.2, 0.25) is 0 Å². The van der Waals surface area contributed by atoms with Crippen molar-refractivity contribution in [1.29, 1.82) is 0 Å². The summed E-state index contributed by atoms with van der Waals surface area (Å²) in [7, 11) is 1.50. The lowest BCUT2D eigenvalue weighted by Crippen LogP contribution is -2.19. The second kappa shape index (κ2) is 5.33. The second-order valence-corrected chi connectivity index (χ2v) is 2.76. The van der Waals surface area contributed by atoms with Gasteiger partial charge in [0.1, 0.15) is 0 Å². The molecule has 0 amide bonds. The quantitative estimate of drug-likeness (QED) is 0.529. The molecule has 0 spiro atoms. The number of hydrogen-bond donors (Lipinski definition) is 0. The molecule has 50 valence electrons. The molecule has 0 aliphatic heterocycles. The standard InChI is InChI=1S/C5H14NOP/c1-3-6(2)4-5-8-7/h3-5,8H2,1-2H3. The third kappa shape index (κ3) is 4.35. The number of rotatable bonds is 4. The highest BCUT2D eigenvalue weighted by atomic mass is 31.1. The monoisotopic (exact) mass is 135 g/mol. The van der Waals surface area contributed by atoms with Gasteiger partial charge in [0.25, 0.3) is 0 Å². The lowest BCUT2D eigenvalue weighted by atomic mass is 10.6. The molecule has 0 aliphatic rings. The molecule has 0 aromatic carbocycles. The highest BCUT2D eigenvalue weighted by Crippen LogP contribution is 1.90. The molecular weight excluding hydrogens is 121 g/mol. The van der Waals surface area contributed by atoms with Crippen molar-refractivity contribution in [2.24, 2.45) is 0 Å². The Hall–Kier alpha value is 0.190. The first-order valence-corrected chi connectivity index (χ1v) is 4.22.